The lowest BCUT2D eigenvalue weighted by molar-refractivity contribution is 0.890. The van der Waals surface area contributed by atoms with Crippen molar-refractivity contribution in [3.63, 3.8) is 0 Å². The summed E-state index contributed by atoms with van der Waals surface area (Å²) in [5.74, 6) is 0. The largest absolute Gasteiger partial charge is 0.384 e. The van der Waals surface area contributed by atoms with Crippen molar-refractivity contribution in [3.8, 4) is 0 Å². The van der Waals surface area contributed by atoms with Crippen molar-refractivity contribution < 1.29 is 0 Å². The zero-order valence-corrected chi connectivity index (χ0v) is 10.2. The van der Waals surface area contributed by atoms with Crippen molar-refractivity contribution in [2.75, 3.05) is 11.9 Å². The Hall–Kier alpha value is -0.470. The van der Waals surface area contributed by atoms with Gasteiger partial charge in [0.25, 0.3) is 0 Å². The molecule has 0 fully saturated rings. The molecular formula is C11H13BrClN. The standard InChI is InChI=1S/C11H13BrClN/c1-2-3-4-7-14-11-8-9(13)5-6-10(11)12/h2,5-6,8,14H,1,3-4,7H2. The maximum absolute atomic E-state index is 5.88. The van der Waals surface area contributed by atoms with E-state index < -0.39 is 0 Å². The van der Waals surface area contributed by atoms with Gasteiger partial charge < -0.3 is 5.32 Å². The molecule has 0 aliphatic heterocycles. The minimum atomic E-state index is 0.749. The molecule has 14 heavy (non-hydrogen) atoms. The van der Waals surface area contributed by atoms with E-state index >= 15 is 0 Å². The second-order valence-electron chi connectivity index (χ2n) is 2.98. The lowest BCUT2D eigenvalue weighted by Crippen LogP contribution is -2.01. The number of nitrogens with one attached hydrogen (secondary N) is 1. The average molecular weight is 275 g/mol. The van der Waals surface area contributed by atoms with E-state index in [0.29, 0.717) is 0 Å². The van der Waals surface area contributed by atoms with Gasteiger partial charge in [-0.2, -0.15) is 0 Å². The van der Waals surface area contributed by atoms with Crippen LogP contribution in [0.5, 0.6) is 0 Å². The van der Waals surface area contributed by atoms with Crippen molar-refractivity contribution in [1.82, 2.24) is 0 Å². The lowest BCUT2D eigenvalue weighted by Gasteiger charge is -2.07. The van der Waals surface area contributed by atoms with Crippen LogP contribution in [-0.2, 0) is 0 Å². The van der Waals surface area contributed by atoms with E-state index in [4.69, 9.17) is 11.6 Å². The highest BCUT2D eigenvalue weighted by Gasteiger charge is 1.98. The van der Waals surface area contributed by atoms with Crippen LogP contribution < -0.4 is 5.32 Å². The SMILES string of the molecule is C=CCCCNc1cc(Cl)ccc1Br. The zero-order chi connectivity index (χ0) is 10.4. The maximum Gasteiger partial charge on any atom is 0.0499 e. The number of rotatable bonds is 5. The molecule has 0 bridgehead atoms. The number of hydrogen-bond acceptors (Lipinski definition) is 1. The second-order valence-corrected chi connectivity index (χ2v) is 4.27. The van der Waals surface area contributed by atoms with Crippen LogP contribution in [0.4, 0.5) is 5.69 Å². The summed E-state index contributed by atoms with van der Waals surface area (Å²) in [5, 5.41) is 4.06. The van der Waals surface area contributed by atoms with Crippen LogP contribution in [0.1, 0.15) is 12.8 Å². The quantitative estimate of drug-likeness (QED) is 0.616. The Balaban J connectivity index is 2.49. The zero-order valence-electron chi connectivity index (χ0n) is 7.89. The van der Waals surface area contributed by atoms with Gasteiger partial charge in [0.1, 0.15) is 0 Å². The van der Waals surface area contributed by atoms with Gasteiger partial charge in [0.2, 0.25) is 0 Å². The van der Waals surface area contributed by atoms with Crippen LogP contribution in [0.3, 0.4) is 0 Å². The molecule has 1 aromatic rings. The molecule has 1 nitrogen and oxygen atoms in total. The molecule has 0 radical (unpaired) electrons. The first kappa shape index (κ1) is 11.6. The second kappa shape index (κ2) is 6.10. The Labute approximate surface area is 98.3 Å². The first-order chi connectivity index (χ1) is 6.74. The first-order valence-corrected chi connectivity index (χ1v) is 5.71. The van der Waals surface area contributed by atoms with Crippen LogP contribution >= 0.6 is 27.5 Å². The lowest BCUT2D eigenvalue weighted by atomic mass is 10.3. The Morgan fingerprint density at radius 1 is 1.50 bits per heavy atom. The molecule has 0 saturated carbocycles. The Kier molecular flexibility index (Phi) is 5.05. The van der Waals surface area contributed by atoms with E-state index in [0.717, 1.165) is 34.6 Å². The molecule has 0 heterocycles. The van der Waals surface area contributed by atoms with Gasteiger partial charge in [0, 0.05) is 21.7 Å². The molecular weight excluding hydrogens is 261 g/mol. The fraction of sp³-hybridized carbons (Fsp3) is 0.273. The molecule has 1 N–H and O–H groups in total. The Morgan fingerprint density at radius 3 is 3.00 bits per heavy atom. The minimum Gasteiger partial charge on any atom is -0.384 e. The highest BCUT2D eigenvalue weighted by molar-refractivity contribution is 9.10. The molecule has 0 aliphatic carbocycles. The molecule has 0 spiro atoms. The predicted molar refractivity (Wildman–Crippen MR) is 67.1 cm³/mol. The van der Waals surface area contributed by atoms with Gasteiger partial charge in [-0.1, -0.05) is 17.7 Å². The van der Waals surface area contributed by atoms with Crippen LogP contribution in [0.25, 0.3) is 0 Å². The molecule has 0 aromatic heterocycles. The van der Waals surface area contributed by atoms with Gasteiger partial charge in [-0.25, -0.2) is 0 Å². The Bertz CT molecular complexity index is 312. The molecule has 0 saturated heterocycles. The number of unbranched alkanes of at least 4 members (excludes halogenated alkanes) is 1. The first-order valence-electron chi connectivity index (χ1n) is 4.54. The van der Waals surface area contributed by atoms with Gasteiger partial charge in [-0.15, -0.1) is 6.58 Å². The van der Waals surface area contributed by atoms with Crippen LogP contribution in [-0.4, -0.2) is 6.54 Å². The van der Waals surface area contributed by atoms with Crippen molar-refractivity contribution in [1.29, 1.82) is 0 Å². The summed E-state index contributed by atoms with van der Waals surface area (Å²) in [5.41, 5.74) is 1.04. The van der Waals surface area contributed by atoms with Crippen molar-refractivity contribution >= 4 is 33.2 Å². The van der Waals surface area contributed by atoms with E-state index in [9.17, 15) is 0 Å². The molecule has 1 aromatic carbocycles. The van der Waals surface area contributed by atoms with Gasteiger partial charge in [0.15, 0.2) is 0 Å². The highest BCUT2D eigenvalue weighted by Crippen LogP contribution is 2.25. The van der Waals surface area contributed by atoms with E-state index in [-0.39, 0.29) is 0 Å². The fourth-order valence-electron chi connectivity index (χ4n) is 1.10. The third-order valence-electron chi connectivity index (χ3n) is 1.83. The molecule has 76 valence electrons. The number of benzene rings is 1. The molecule has 0 aliphatic rings. The predicted octanol–water partition coefficient (Wildman–Crippen LogP) is 4.48. The van der Waals surface area contributed by atoms with E-state index in [1.165, 1.54) is 0 Å². The number of halogens is 2. The summed E-state index contributed by atoms with van der Waals surface area (Å²) in [7, 11) is 0. The summed E-state index contributed by atoms with van der Waals surface area (Å²) >= 11 is 9.34. The van der Waals surface area contributed by atoms with E-state index in [2.05, 4.69) is 27.8 Å². The van der Waals surface area contributed by atoms with Gasteiger partial charge in [-0.05, 0) is 47.0 Å². The maximum atomic E-state index is 5.88. The summed E-state index contributed by atoms with van der Waals surface area (Å²) in [6.07, 6.45) is 4.04. The van der Waals surface area contributed by atoms with Crippen LogP contribution in [0.15, 0.2) is 35.3 Å². The summed E-state index contributed by atoms with van der Waals surface area (Å²) in [4.78, 5) is 0. The molecule has 0 unspecified atom stereocenters. The smallest absolute Gasteiger partial charge is 0.0499 e. The summed E-state index contributed by atoms with van der Waals surface area (Å²) in [6.45, 7) is 4.61. The molecule has 1 rings (SSSR count). The Morgan fingerprint density at radius 2 is 2.29 bits per heavy atom. The summed E-state index contributed by atoms with van der Waals surface area (Å²) in [6, 6.07) is 5.72. The average Bonchev–Trinajstić information content (AvgIpc) is 2.18. The van der Waals surface area contributed by atoms with E-state index in [1.54, 1.807) is 0 Å². The number of allylic oxidation sites excluding steroid dienone is 1. The summed E-state index contributed by atoms with van der Waals surface area (Å²) < 4.78 is 1.04. The van der Waals surface area contributed by atoms with E-state index in [1.807, 2.05) is 24.3 Å². The fourth-order valence-corrected chi connectivity index (χ4v) is 1.66. The third kappa shape index (κ3) is 3.72. The van der Waals surface area contributed by atoms with Gasteiger partial charge in [0.05, 0.1) is 0 Å². The number of anilines is 1. The van der Waals surface area contributed by atoms with Gasteiger partial charge in [-0.3, -0.25) is 0 Å². The molecule has 3 heteroatoms. The minimum absolute atomic E-state index is 0.749. The molecule has 0 atom stereocenters. The normalized spacial score (nSPS) is 9.86. The number of hydrogen-bond donors (Lipinski definition) is 1. The van der Waals surface area contributed by atoms with Crippen LogP contribution in [0.2, 0.25) is 5.02 Å². The van der Waals surface area contributed by atoms with Crippen molar-refractivity contribution in [3.05, 3.63) is 40.3 Å². The highest BCUT2D eigenvalue weighted by atomic mass is 79.9. The molecule has 0 amide bonds. The third-order valence-corrected chi connectivity index (χ3v) is 2.76. The monoisotopic (exact) mass is 273 g/mol. The van der Waals surface area contributed by atoms with Crippen molar-refractivity contribution in [2.24, 2.45) is 0 Å². The van der Waals surface area contributed by atoms with Crippen molar-refractivity contribution in [2.45, 2.75) is 12.8 Å². The topological polar surface area (TPSA) is 12.0 Å². The van der Waals surface area contributed by atoms with Gasteiger partial charge >= 0.3 is 0 Å². The van der Waals surface area contributed by atoms with Crippen LogP contribution in [0, 0.1) is 0 Å².